The van der Waals surface area contributed by atoms with E-state index in [0.29, 0.717) is 26.1 Å². The number of aryl methyl sites for hydroxylation is 1. The van der Waals surface area contributed by atoms with Crippen LogP contribution in [0.4, 0.5) is 10.5 Å². The van der Waals surface area contributed by atoms with E-state index in [9.17, 15) is 4.79 Å². The molecule has 1 heterocycles. The number of anilines is 1. The molecule has 148 valence electrons. The number of nitrogens with one attached hydrogen (secondary N) is 1. The van der Waals surface area contributed by atoms with E-state index in [-0.39, 0.29) is 12.1 Å². The zero-order valence-electron chi connectivity index (χ0n) is 16.6. The molecule has 0 bridgehead atoms. The van der Waals surface area contributed by atoms with Crippen molar-refractivity contribution in [3.05, 3.63) is 59.7 Å². The van der Waals surface area contributed by atoms with Gasteiger partial charge >= 0.3 is 6.03 Å². The lowest BCUT2D eigenvalue weighted by Crippen LogP contribution is -2.40. The summed E-state index contributed by atoms with van der Waals surface area (Å²) in [4.78, 5) is 19.9. The number of hydrogen-bond acceptors (Lipinski definition) is 4. The van der Waals surface area contributed by atoms with Gasteiger partial charge < -0.3 is 19.8 Å². The number of carbonyl (C=O) groups is 1. The van der Waals surface area contributed by atoms with E-state index in [2.05, 4.69) is 41.7 Å². The molecule has 0 aliphatic carbocycles. The first kappa shape index (κ1) is 19.7. The lowest BCUT2D eigenvalue weighted by Gasteiger charge is -2.23. The number of carbonyl (C=O) groups excluding carboxylic acids is 1. The second-order valence-corrected chi connectivity index (χ2v) is 6.76. The minimum absolute atomic E-state index is 0.137. The molecular formula is C22H27N3O3. The zero-order chi connectivity index (χ0) is 19.9. The monoisotopic (exact) mass is 381 g/mol. The maximum Gasteiger partial charge on any atom is 0.321 e. The van der Waals surface area contributed by atoms with Crippen molar-refractivity contribution >= 4 is 17.4 Å². The number of likely N-dealkylation sites (N-methyl/N-ethyl adjacent to an activating group) is 1. The molecule has 2 aromatic rings. The van der Waals surface area contributed by atoms with Gasteiger partial charge in [-0.25, -0.2) is 4.79 Å². The fourth-order valence-electron chi connectivity index (χ4n) is 3.05. The highest BCUT2D eigenvalue weighted by Crippen LogP contribution is 2.19. The molecular weight excluding hydrogens is 354 g/mol. The Morgan fingerprint density at radius 2 is 1.89 bits per heavy atom. The molecule has 0 radical (unpaired) electrons. The standard InChI is InChI=1S/C22H27N3O3/c1-4-25(22(26)23-18-10-12-19(13-11-18)27-5-2)15-20-14-21(24-28-20)17-8-6-16(3)7-9-17/h6-13,20H,4-5,14-15H2,1-3H3,(H,23,26). The van der Waals surface area contributed by atoms with Crippen LogP contribution in [0.3, 0.4) is 0 Å². The summed E-state index contributed by atoms with van der Waals surface area (Å²) in [7, 11) is 0. The van der Waals surface area contributed by atoms with E-state index < -0.39 is 0 Å². The average Bonchev–Trinajstić information content (AvgIpc) is 3.17. The van der Waals surface area contributed by atoms with Gasteiger partial charge in [0.1, 0.15) is 5.75 Å². The molecule has 1 aliphatic rings. The van der Waals surface area contributed by atoms with Gasteiger partial charge in [-0.15, -0.1) is 0 Å². The Morgan fingerprint density at radius 1 is 1.18 bits per heavy atom. The Balaban J connectivity index is 1.54. The number of rotatable bonds is 7. The van der Waals surface area contributed by atoms with Crippen LogP contribution in [0.5, 0.6) is 5.75 Å². The van der Waals surface area contributed by atoms with Crippen LogP contribution in [0.15, 0.2) is 53.7 Å². The summed E-state index contributed by atoms with van der Waals surface area (Å²) in [5, 5.41) is 7.14. The molecule has 6 nitrogen and oxygen atoms in total. The fourth-order valence-corrected chi connectivity index (χ4v) is 3.05. The molecule has 3 rings (SSSR count). The zero-order valence-corrected chi connectivity index (χ0v) is 16.6. The highest BCUT2D eigenvalue weighted by atomic mass is 16.6. The summed E-state index contributed by atoms with van der Waals surface area (Å²) < 4.78 is 5.42. The van der Waals surface area contributed by atoms with Gasteiger partial charge in [-0.2, -0.15) is 0 Å². The van der Waals surface area contributed by atoms with Crippen molar-refractivity contribution in [1.29, 1.82) is 0 Å². The first-order chi connectivity index (χ1) is 13.6. The SMILES string of the molecule is CCOc1ccc(NC(=O)N(CC)CC2CC(c3ccc(C)cc3)=NO2)cc1. The quantitative estimate of drug-likeness (QED) is 0.771. The Bertz CT molecular complexity index is 816. The van der Waals surface area contributed by atoms with Crippen molar-refractivity contribution in [2.45, 2.75) is 33.3 Å². The van der Waals surface area contributed by atoms with Crippen molar-refractivity contribution < 1.29 is 14.4 Å². The average molecular weight is 381 g/mol. The molecule has 0 saturated carbocycles. The van der Waals surface area contributed by atoms with Crippen LogP contribution in [0.1, 0.15) is 31.4 Å². The normalized spacial score (nSPS) is 15.5. The van der Waals surface area contributed by atoms with Crippen LogP contribution in [0.2, 0.25) is 0 Å². The van der Waals surface area contributed by atoms with Gasteiger partial charge in [0.15, 0.2) is 6.10 Å². The van der Waals surface area contributed by atoms with E-state index in [1.54, 1.807) is 4.90 Å². The predicted molar refractivity (Wildman–Crippen MR) is 111 cm³/mol. The van der Waals surface area contributed by atoms with Crippen molar-refractivity contribution in [3.63, 3.8) is 0 Å². The van der Waals surface area contributed by atoms with Gasteiger partial charge in [0.25, 0.3) is 0 Å². The summed E-state index contributed by atoms with van der Waals surface area (Å²) in [6.45, 7) is 7.63. The van der Waals surface area contributed by atoms with Gasteiger partial charge in [0, 0.05) is 18.7 Å². The third kappa shape index (κ3) is 5.03. The Hall–Kier alpha value is -3.02. The van der Waals surface area contributed by atoms with Crippen molar-refractivity contribution in [1.82, 2.24) is 4.90 Å². The van der Waals surface area contributed by atoms with Crippen LogP contribution in [-0.2, 0) is 4.84 Å². The van der Waals surface area contributed by atoms with Crippen LogP contribution in [0, 0.1) is 6.92 Å². The van der Waals surface area contributed by atoms with Crippen LogP contribution >= 0.6 is 0 Å². The number of benzene rings is 2. The van der Waals surface area contributed by atoms with Crippen LogP contribution in [-0.4, -0.2) is 42.4 Å². The molecule has 2 aromatic carbocycles. The molecule has 0 saturated heterocycles. The molecule has 0 fully saturated rings. The first-order valence-corrected chi connectivity index (χ1v) is 9.67. The molecule has 1 atom stereocenters. The van der Waals surface area contributed by atoms with E-state index in [1.165, 1.54) is 5.56 Å². The lowest BCUT2D eigenvalue weighted by molar-refractivity contribution is 0.0633. The van der Waals surface area contributed by atoms with Gasteiger partial charge in [-0.3, -0.25) is 0 Å². The maximum atomic E-state index is 12.6. The van der Waals surface area contributed by atoms with Crippen molar-refractivity contribution in [2.24, 2.45) is 5.16 Å². The number of urea groups is 1. The van der Waals surface area contributed by atoms with Crippen molar-refractivity contribution in [3.8, 4) is 5.75 Å². The minimum Gasteiger partial charge on any atom is -0.494 e. The van der Waals surface area contributed by atoms with E-state index in [4.69, 9.17) is 9.57 Å². The van der Waals surface area contributed by atoms with E-state index in [1.807, 2.05) is 38.1 Å². The Morgan fingerprint density at radius 3 is 2.54 bits per heavy atom. The molecule has 1 aliphatic heterocycles. The number of ether oxygens (including phenoxy) is 1. The van der Waals surface area contributed by atoms with E-state index >= 15 is 0 Å². The smallest absolute Gasteiger partial charge is 0.321 e. The predicted octanol–water partition coefficient (Wildman–Crippen LogP) is 4.44. The second-order valence-electron chi connectivity index (χ2n) is 6.76. The summed E-state index contributed by atoms with van der Waals surface area (Å²) in [6, 6.07) is 15.4. The molecule has 1 unspecified atom stereocenters. The lowest BCUT2D eigenvalue weighted by atomic mass is 10.0. The highest BCUT2D eigenvalue weighted by Gasteiger charge is 2.26. The first-order valence-electron chi connectivity index (χ1n) is 9.67. The molecule has 1 N–H and O–H groups in total. The van der Waals surface area contributed by atoms with Gasteiger partial charge in [-0.1, -0.05) is 35.0 Å². The number of amides is 2. The third-order valence-electron chi connectivity index (χ3n) is 4.63. The minimum atomic E-state index is -0.154. The fraction of sp³-hybridized carbons (Fsp3) is 0.364. The molecule has 6 heteroatoms. The number of nitrogens with zero attached hydrogens (tertiary/aromatic N) is 2. The molecule has 2 amide bonds. The van der Waals surface area contributed by atoms with Crippen molar-refractivity contribution in [2.75, 3.05) is 25.0 Å². The Kier molecular flexibility index (Phi) is 6.53. The molecule has 0 spiro atoms. The summed E-state index contributed by atoms with van der Waals surface area (Å²) in [6.07, 6.45) is 0.554. The maximum absolute atomic E-state index is 12.6. The van der Waals surface area contributed by atoms with Gasteiger partial charge in [-0.05, 0) is 50.6 Å². The largest absolute Gasteiger partial charge is 0.494 e. The van der Waals surface area contributed by atoms with Gasteiger partial charge in [0.2, 0.25) is 0 Å². The Labute approximate surface area is 166 Å². The van der Waals surface area contributed by atoms with E-state index in [0.717, 1.165) is 22.7 Å². The summed E-state index contributed by atoms with van der Waals surface area (Å²) in [5.74, 6) is 0.785. The van der Waals surface area contributed by atoms with Gasteiger partial charge in [0.05, 0.1) is 18.9 Å². The molecule has 28 heavy (non-hydrogen) atoms. The number of hydrogen-bond donors (Lipinski definition) is 1. The summed E-state index contributed by atoms with van der Waals surface area (Å²) >= 11 is 0. The third-order valence-corrected chi connectivity index (χ3v) is 4.63. The second kappa shape index (κ2) is 9.26. The van der Waals surface area contributed by atoms with Crippen LogP contribution < -0.4 is 10.1 Å². The molecule has 0 aromatic heterocycles. The topological polar surface area (TPSA) is 63.2 Å². The van der Waals surface area contributed by atoms with Crippen LogP contribution in [0.25, 0.3) is 0 Å². The summed E-state index contributed by atoms with van der Waals surface area (Å²) in [5.41, 5.74) is 3.93. The number of oxime groups is 1. The highest BCUT2D eigenvalue weighted by molar-refractivity contribution is 6.01.